The second-order valence-electron chi connectivity index (χ2n) is 11.8. The molecule has 7 rings (SSSR count). The first-order valence-corrected chi connectivity index (χ1v) is 13.7. The van der Waals surface area contributed by atoms with E-state index in [9.17, 15) is 8.78 Å². The zero-order valence-corrected chi connectivity index (χ0v) is 21.4. The fourth-order valence-corrected chi connectivity index (χ4v) is 6.93. The van der Waals surface area contributed by atoms with E-state index in [-0.39, 0.29) is 18.2 Å². The van der Waals surface area contributed by atoms with E-state index in [1.54, 1.807) is 16.9 Å². The van der Waals surface area contributed by atoms with Gasteiger partial charge in [-0.2, -0.15) is 18.9 Å². The number of likely N-dealkylation sites (tertiary alicyclic amines) is 1. The average Bonchev–Trinajstić information content (AvgIpc) is 3.14. The van der Waals surface area contributed by atoms with Gasteiger partial charge in [0, 0.05) is 31.7 Å². The third kappa shape index (κ3) is 4.66. The van der Waals surface area contributed by atoms with Crippen molar-refractivity contribution < 1.29 is 13.5 Å². The maximum Gasteiger partial charge on any atom is 0.387 e. The normalized spacial score (nSPS) is 24.3. The minimum atomic E-state index is -2.91. The lowest BCUT2D eigenvalue weighted by Crippen LogP contribution is -2.31. The molecule has 2 aliphatic heterocycles. The number of nitrogens with one attached hydrogen (secondary N) is 2. The van der Waals surface area contributed by atoms with Gasteiger partial charge in [-0.1, -0.05) is 12.1 Å². The maximum absolute atomic E-state index is 13.4. The third-order valence-corrected chi connectivity index (χ3v) is 9.00. The Labute approximate surface area is 220 Å². The third-order valence-electron chi connectivity index (χ3n) is 9.00. The number of nitrogens with zero attached hydrogens (tertiary/aromatic N) is 5. The molecule has 1 spiro atoms. The number of nitrogens with two attached hydrogens (primary N) is 1. The topological polar surface area (TPSA) is 106 Å². The largest absolute Gasteiger partial charge is 0.434 e. The molecule has 0 bridgehead atoms. The number of hydrogen-bond donors (Lipinski definition) is 3. The van der Waals surface area contributed by atoms with Gasteiger partial charge in [-0.3, -0.25) is 9.58 Å². The summed E-state index contributed by atoms with van der Waals surface area (Å²) in [7, 11) is 0. The van der Waals surface area contributed by atoms with Crippen LogP contribution >= 0.6 is 0 Å². The summed E-state index contributed by atoms with van der Waals surface area (Å²) in [4.78, 5) is 11.2. The molecule has 3 aromatic rings. The lowest BCUT2D eigenvalue weighted by Gasteiger charge is -2.36. The quantitative estimate of drug-likeness (QED) is 0.392. The number of anilines is 2. The van der Waals surface area contributed by atoms with Gasteiger partial charge in [0.05, 0.1) is 12.7 Å². The summed E-state index contributed by atoms with van der Waals surface area (Å²) in [5, 5.41) is 11.4. The number of nitrogen functional groups attached to an aromatic ring is 1. The monoisotopic (exact) mass is 524 g/mol. The van der Waals surface area contributed by atoms with Crippen LogP contribution in [0.4, 0.5) is 20.5 Å². The van der Waals surface area contributed by atoms with Crippen LogP contribution in [0.25, 0.3) is 11.0 Å². The molecule has 2 atom stereocenters. The smallest absolute Gasteiger partial charge is 0.387 e. The fourth-order valence-electron chi connectivity index (χ4n) is 6.93. The van der Waals surface area contributed by atoms with Gasteiger partial charge < -0.3 is 21.1 Å². The lowest BCUT2D eigenvalue weighted by atomic mass is 9.72. The number of hydrogen-bond acceptors (Lipinski definition) is 8. The Balaban J connectivity index is 1.11. The van der Waals surface area contributed by atoms with E-state index in [4.69, 9.17) is 10.5 Å². The fraction of sp³-hybridized carbons (Fsp3) is 0.593. The predicted molar refractivity (Wildman–Crippen MR) is 140 cm³/mol. The Morgan fingerprint density at radius 2 is 1.92 bits per heavy atom. The highest BCUT2D eigenvalue weighted by Gasteiger charge is 2.52. The minimum absolute atomic E-state index is 0.178. The van der Waals surface area contributed by atoms with Crippen LogP contribution < -0.4 is 21.1 Å². The average molecular weight is 525 g/mol. The van der Waals surface area contributed by atoms with Crippen LogP contribution in [0.15, 0.2) is 24.4 Å². The number of fused-ring (bicyclic) bond motifs is 2. The molecule has 4 heterocycles. The van der Waals surface area contributed by atoms with Crippen molar-refractivity contribution in [2.45, 2.75) is 45.4 Å². The van der Waals surface area contributed by atoms with Crippen molar-refractivity contribution in [3.8, 4) is 5.75 Å². The van der Waals surface area contributed by atoms with Crippen molar-refractivity contribution in [2.75, 3.05) is 43.8 Å². The van der Waals surface area contributed by atoms with Crippen LogP contribution in [0.5, 0.6) is 5.75 Å². The highest BCUT2D eigenvalue weighted by Crippen LogP contribution is 2.63. The lowest BCUT2D eigenvalue weighted by molar-refractivity contribution is -0.0505. The van der Waals surface area contributed by atoms with E-state index in [1.165, 1.54) is 25.7 Å². The van der Waals surface area contributed by atoms with Crippen LogP contribution in [0.1, 0.15) is 36.8 Å². The highest BCUT2D eigenvalue weighted by molar-refractivity contribution is 5.86. The van der Waals surface area contributed by atoms with Crippen LogP contribution in [0.3, 0.4) is 0 Å². The van der Waals surface area contributed by atoms with Gasteiger partial charge in [-0.15, -0.1) is 0 Å². The Kier molecular flexibility index (Phi) is 5.88. The number of rotatable bonds is 9. The second-order valence-corrected chi connectivity index (χ2v) is 11.8. The Hall–Kier alpha value is -3.05. The molecule has 0 radical (unpaired) electrons. The Bertz CT molecular complexity index is 1320. The van der Waals surface area contributed by atoms with Crippen molar-refractivity contribution in [3.05, 3.63) is 35.5 Å². The molecule has 2 saturated heterocycles. The number of benzene rings is 1. The first-order chi connectivity index (χ1) is 18.4. The molecule has 2 aromatic heterocycles. The molecular weight excluding hydrogens is 490 g/mol. The van der Waals surface area contributed by atoms with E-state index in [2.05, 4.69) is 30.6 Å². The van der Waals surface area contributed by atoms with Crippen LogP contribution in [0.2, 0.25) is 0 Å². The SMILES string of the molecule is Nc1nc(NCC2CC3(CC3)C2)c2c(cnn2Cc2ccc(CN3C[C@H]4CNC[C@H]4C3)cc2OC(F)F)n1. The van der Waals surface area contributed by atoms with E-state index in [0.29, 0.717) is 45.6 Å². The van der Waals surface area contributed by atoms with Crippen molar-refractivity contribution >= 4 is 22.8 Å². The number of aromatic nitrogens is 4. The summed E-state index contributed by atoms with van der Waals surface area (Å²) in [6.07, 6.45) is 6.89. The van der Waals surface area contributed by atoms with Gasteiger partial charge >= 0.3 is 6.61 Å². The first-order valence-electron chi connectivity index (χ1n) is 13.7. The minimum Gasteiger partial charge on any atom is -0.434 e. The number of ether oxygens (including phenoxy) is 1. The summed E-state index contributed by atoms with van der Waals surface area (Å²) in [5.74, 6) is 2.97. The Morgan fingerprint density at radius 3 is 2.66 bits per heavy atom. The number of alkyl halides is 2. The van der Waals surface area contributed by atoms with Crippen LogP contribution in [-0.2, 0) is 13.1 Å². The van der Waals surface area contributed by atoms with Gasteiger partial charge in [-0.05, 0) is 73.6 Å². The molecular formula is C27H34F2N8O. The summed E-state index contributed by atoms with van der Waals surface area (Å²) in [6.45, 7) is 3.07. The van der Waals surface area contributed by atoms with Crippen molar-refractivity contribution in [2.24, 2.45) is 23.2 Å². The maximum atomic E-state index is 13.4. The molecule has 4 aliphatic rings. The van der Waals surface area contributed by atoms with Crippen LogP contribution in [-0.4, -0.2) is 64.0 Å². The molecule has 9 nitrogen and oxygen atoms in total. The van der Waals surface area contributed by atoms with Gasteiger partial charge in [0.25, 0.3) is 0 Å². The molecule has 4 N–H and O–H groups in total. The number of halogens is 2. The van der Waals surface area contributed by atoms with E-state index in [1.807, 2.05) is 12.1 Å². The van der Waals surface area contributed by atoms with E-state index in [0.717, 1.165) is 44.8 Å². The summed E-state index contributed by atoms with van der Waals surface area (Å²) >= 11 is 0. The summed E-state index contributed by atoms with van der Waals surface area (Å²) in [6, 6.07) is 5.62. The Morgan fingerprint density at radius 1 is 1.13 bits per heavy atom. The van der Waals surface area contributed by atoms with Crippen molar-refractivity contribution in [1.29, 1.82) is 0 Å². The van der Waals surface area contributed by atoms with Crippen molar-refractivity contribution in [1.82, 2.24) is 30.0 Å². The zero-order chi connectivity index (χ0) is 25.9. The highest BCUT2D eigenvalue weighted by atomic mass is 19.3. The van der Waals surface area contributed by atoms with Gasteiger partial charge in [-0.25, -0.2) is 4.98 Å². The molecule has 0 amide bonds. The van der Waals surface area contributed by atoms with Gasteiger partial charge in [0.15, 0.2) is 5.82 Å². The summed E-state index contributed by atoms with van der Waals surface area (Å²) in [5.41, 5.74) is 9.53. The zero-order valence-electron chi connectivity index (χ0n) is 21.4. The molecule has 202 valence electrons. The predicted octanol–water partition coefficient (Wildman–Crippen LogP) is 3.31. The molecule has 2 aliphatic carbocycles. The summed E-state index contributed by atoms with van der Waals surface area (Å²) < 4.78 is 33.5. The second kappa shape index (κ2) is 9.30. The van der Waals surface area contributed by atoms with E-state index < -0.39 is 6.61 Å². The first kappa shape index (κ1) is 24.0. The van der Waals surface area contributed by atoms with Gasteiger partial charge in [0.1, 0.15) is 16.8 Å². The molecule has 2 saturated carbocycles. The molecule has 11 heteroatoms. The van der Waals surface area contributed by atoms with Gasteiger partial charge in [0.2, 0.25) is 5.95 Å². The van der Waals surface area contributed by atoms with Crippen molar-refractivity contribution in [3.63, 3.8) is 0 Å². The van der Waals surface area contributed by atoms with Crippen LogP contribution in [0, 0.1) is 23.2 Å². The standard InChI is InChI=1S/C27H34F2N8O/c28-25(29)38-22-5-16(12-36-13-19-9-31-10-20(19)14-36)1-2-18(22)15-37-23-21(11-33-37)34-26(30)35-24(23)32-8-17-6-27(7-17)3-4-27/h1-2,5,11,17,19-20,25,31H,3-4,6-10,12-15H2,(H3,30,32,34,35)/t19-,20+. The molecule has 4 fully saturated rings. The molecule has 38 heavy (non-hydrogen) atoms. The molecule has 0 unspecified atom stereocenters. The van der Waals surface area contributed by atoms with E-state index >= 15 is 0 Å². The molecule has 1 aromatic carbocycles.